The van der Waals surface area contributed by atoms with Crippen LogP contribution >= 0.6 is 34.8 Å². The highest BCUT2D eigenvalue weighted by Gasteiger charge is 2.34. The zero-order chi connectivity index (χ0) is 30.3. The molecule has 0 saturated heterocycles. The summed E-state index contributed by atoms with van der Waals surface area (Å²) in [4.78, 5) is 28.9. The van der Waals surface area contributed by atoms with Crippen molar-refractivity contribution in [2.24, 2.45) is 0 Å². The van der Waals surface area contributed by atoms with Gasteiger partial charge in [0.2, 0.25) is 11.8 Å². The number of carbonyl (C=O) groups is 2. The van der Waals surface area contributed by atoms with Gasteiger partial charge in [-0.1, -0.05) is 66.8 Å². The lowest BCUT2D eigenvalue weighted by Crippen LogP contribution is -2.53. The normalized spacial score (nSPS) is 12.9. The number of aryl methyl sites for hydroxylation is 1. The van der Waals surface area contributed by atoms with Crippen LogP contribution in [-0.4, -0.2) is 43.8 Å². The van der Waals surface area contributed by atoms with Crippen molar-refractivity contribution in [3.63, 3.8) is 0 Å². The molecule has 0 aliphatic heterocycles. The molecule has 0 saturated carbocycles. The largest absolute Gasteiger partial charge is 0.352 e. The van der Waals surface area contributed by atoms with Gasteiger partial charge < -0.3 is 10.2 Å². The predicted molar refractivity (Wildman–Crippen MR) is 166 cm³/mol. The number of anilines is 1. The number of amides is 2. The van der Waals surface area contributed by atoms with E-state index in [4.69, 9.17) is 34.8 Å². The molecule has 41 heavy (non-hydrogen) atoms. The van der Waals surface area contributed by atoms with Gasteiger partial charge in [-0.25, -0.2) is 8.42 Å². The second-order valence-corrected chi connectivity index (χ2v) is 12.9. The maximum absolute atomic E-state index is 14.2. The molecule has 1 N–H and O–H groups in total. The number of sulfonamides is 1. The number of nitrogens with one attached hydrogen (secondary N) is 1. The number of halogens is 3. The van der Waals surface area contributed by atoms with Crippen molar-refractivity contribution in [3.05, 3.63) is 92.9 Å². The van der Waals surface area contributed by atoms with Crippen molar-refractivity contribution < 1.29 is 18.0 Å². The molecule has 3 rings (SSSR count). The molecule has 0 spiro atoms. The summed E-state index contributed by atoms with van der Waals surface area (Å²) in [6.45, 7) is 6.78. The summed E-state index contributed by atoms with van der Waals surface area (Å²) >= 11 is 18.9. The van der Waals surface area contributed by atoms with E-state index in [-0.39, 0.29) is 29.8 Å². The number of hydrogen-bond donors (Lipinski definition) is 1. The van der Waals surface area contributed by atoms with Gasteiger partial charge in [0.1, 0.15) is 12.6 Å². The molecule has 2 amide bonds. The minimum absolute atomic E-state index is 0.0292. The van der Waals surface area contributed by atoms with E-state index >= 15 is 0 Å². The van der Waals surface area contributed by atoms with E-state index in [0.717, 1.165) is 9.87 Å². The lowest BCUT2D eigenvalue weighted by atomic mass is 10.1. The van der Waals surface area contributed by atoms with Crippen LogP contribution in [0.5, 0.6) is 0 Å². The van der Waals surface area contributed by atoms with Crippen LogP contribution in [0.2, 0.25) is 15.1 Å². The second-order valence-electron chi connectivity index (χ2n) is 9.77. The average molecular weight is 639 g/mol. The maximum atomic E-state index is 14.2. The van der Waals surface area contributed by atoms with Gasteiger partial charge in [0.05, 0.1) is 10.6 Å². The third-order valence-electron chi connectivity index (χ3n) is 6.75. The van der Waals surface area contributed by atoms with E-state index in [1.807, 2.05) is 26.8 Å². The smallest absolute Gasteiger partial charge is 0.264 e. The first-order chi connectivity index (χ1) is 19.4. The Kier molecular flexibility index (Phi) is 11.5. The Morgan fingerprint density at radius 2 is 1.51 bits per heavy atom. The molecule has 0 unspecified atom stereocenters. The van der Waals surface area contributed by atoms with Crippen molar-refractivity contribution in [1.82, 2.24) is 10.2 Å². The number of nitrogens with zero attached hydrogens (tertiary/aromatic N) is 2. The molecule has 0 bridgehead atoms. The van der Waals surface area contributed by atoms with Gasteiger partial charge in [-0.05, 0) is 80.8 Å². The minimum atomic E-state index is -4.21. The fourth-order valence-electron chi connectivity index (χ4n) is 4.26. The number of carbonyl (C=O) groups excluding carboxylic acids is 2. The van der Waals surface area contributed by atoms with Crippen LogP contribution in [-0.2, 0) is 26.2 Å². The molecule has 3 aromatic rings. The third-order valence-corrected chi connectivity index (χ3v) is 9.50. The average Bonchev–Trinajstić information content (AvgIpc) is 2.93. The first-order valence-electron chi connectivity index (χ1n) is 13.3. The quantitative estimate of drug-likeness (QED) is 0.235. The highest BCUT2D eigenvalue weighted by molar-refractivity contribution is 7.92. The van der Waals surface area contributed by atoms with Gasteiger partial charge in [0.25, 0.3) is 10.0 Å². The molecular formula is C30H34Cl3N3O4S. The van der Waals surface area contributed by atoms with E-state index < -0.39 is 28.5 Å². The third kappa shape index (κ3) is 8.16. The first kappa shape index (κ1) is 32.7. The van der Waals surface area contributed by atoms with Crippen LogP contribution in [0, 0.1) is 6.92 Å². The lowest BCUT2D eigenvalue weighted by Gasteiger charge is -2.34. The number of hydrogen-bond acceptors (Lipinski definition) is 4. The molecule has 7 nitrogen and oxygen atoms in total. The minimum Gasteiger partial charge on any atom is -0.352 e. The van der Waals surface area contributed by atoms with E-state index in [0.29, 0.717) is 32.7 Å². The highest BCUT2D eigenvalue weighted by atomic mass is 35.5. The van der Waals surface area contributed by atoms with E-state index in [9.17, 15) is 18.0 Å². The Hall–Kier alpha value is -2.78. The summed E-state index contributed by atoms with van der Waals surface area (Å²) in [5.41, 5.74) is 1.58. The van der Waals surface area contributed by atoms with Crippen LogP contribution in [0.4, 0.5) is 5.69 Å². The molecule has 2 atom stereocenters. The summed E-state index contributed by atoms with van der Waals surface area (Å²) in [6, 6.07) is 16.5. The molecular weight excluding hydrogens is 605 g/mol. The van der Waals surface area contributed by atoms with Gasteiger partial charge >= 0.3 is 0 Å². The highest BCUT2D eigenvalue weighted by Crippen LogP contribution is 2.29. The van der Waals surface area contributed by atoms with Crippen LogP contribution in [0.1, 0.15) is 44.7 Å². The van der Waals surface area contributed by atoms with Gasteiger partial charge in [-0.3, -0.25) is 13.9 Å². The summed E-state index contributed by atoms with van der Waals surface area (Å²) < 4.78 is 28.9. The van der Waals surface area contributed by atoms with E-state index in [2.05, 4.69) is 5.32 Å². The predicted octanol–water partition coefficient (Wildman–Crippen LogP) is 6.87. The number of benzene rings is 3. The van der Waals surface area contributed by atoms with Gasteiger partial charge in [-0.2, -0.15) is 0 Å². The number of rotatable bonds is 12. The monoisotopic (exact) mass is 637 g/mol. The SMILES string of the molecule is CC[C@H](C(=O)N[C@@H](C)CC)N(Cc1c(Cl)cccc1Cl)C(=O)CN(c1cccc(C)c1)S(=O)(=O)c1ccc(Cl)cc1. The van der Waals surface area contributed by atoms with Crippen molar-refractivity contribution >= 4 is 62.3 Å². The molecule has 0 aromatic heterocycles. The maximum Gasteiger partial charge on any atom is 0.264 e. The fraction of sp³-hybridized carbons (Fsp3) is 0.333. The van der Waals surface area contributed by atoms with Crippen LogP contribution < -0.4 is 9.62 Å². The molecule has 3 aromatic carbocycles. The van der Waals surface area contributed by atoms with Crippen LogP contribution in [0.25, 0.3) is 0 Å². The van der Waals surface area contributed by atoms with Crippen molar-refractivity contribution in [1.29, 1.82) is 0 Å². The summed E-state index contributed by atoms with van der Waals surface area (Å²) in [7, 11) is -4.21. The van der Waals surface area contributed by atoms with Gasteiger partial charge in [-0.15, -0.1) is 0 Å². The molecule has 220 valence electrons. The Bertz CT molecular complexity index is 1460. The fourth-order valence-corrected chi connectivity index (χ4v) is 6.31. The van der Waals surface area contributed by atoms with Crippen molar-refractivity contribution in [2.45, 2.75) is 64.1 Å². The summed E-state index contributed by atoms with van der Waals surface area (Å²) in [5, 5.41) is 3.98. The first-order valence-corrected chi connectivity index (χ1v) is 15.8. The summed E-state index contributed by atoms with van der Waals surface area (Å²) in [5.74, 6) is -0.938. The Morgan fingerprint density at radius 3 is 2.07 bits per heavy atom. The molecule has 0 aliphatic rings. The van der Waals surface area contributed by atoms with Gasteiger partial charge in [0.15, 0.2) is 0 Å². The molecule has 0 aliphatic carbocycles. The summed E-state index contributed by atoms with van der Waals surface area (Å²) in [6.07, 6.45) is 0.984. The Morgan fingerprint density at radius 1 is 0.902 bits per heavy atom. The Labute approximate surface area is 257 Å². The second kappa shape index (κ2) is 14.4. The molecule has 0 fully saturated rings. The van der Waals surface area contributed by atoms with Crippen LogP contribution in [0.3, 0.4) is 0 Å². The Balaban J connectivity index is 2.10. The standard InChI is InChI=1S/C30H34Cl3N3O4S/c1-5-21(4)34-30(38)28(6-2)35(18-25-26(32)11-8-12-27(25)33)29(37)19-36(23-10-7-9-20(3)17-23)41(39,40)24-15-13-22(31)14-16-24/h7-17,21,28H,5-6,18-19H2,1-4H3,(H,34,38)/t21-,28+/m0/s1. The van der Waals surface area contributed by atoms with E-state index in [1.165, 1.54) is 29.2 Å². The zero-order valence-electron chi connectivity index (χ0n) is 23.4. The molecule has 11 heteroatoms. The lowest BCUT2D eigenvalue weighted by molar-refractivity contribution is -0.140. The molecule has 0 radical (unpaired) electrons. The van der Waals surface area contributed by atoms with Crippen molar-refractivity contribution in [3.8, 4) is 0 Å². The molecule has 0 heterocycles. The zero-order valence-corrected chi connectivity index (χ0v) is 26.5. The topological polar surface area (TPSA) is 86.8 Å². The van der Waals surface area contributed by atoms with E-state index in [1.54, 1.807) is 43.3 Å². The van der Waals surface area contributed by atoms with Crippen molar-refractivity contribution in [2.75, 3.05) is 10.8 Å². The van der Waals surface area contributed by atoms with Gasteiger partial charge in [0, 0.05) is 33.2 Å². The van der Waals surface area contributed by atoms with Crippen LogP contribution in [0.15, 0.2) is 71.6 Å².